The van der Waals surface area contributed by atoms with Gasteiger partial charge in [-0.1, -0.05) is 55.1 Å². The summed E-state index contributed by atoms with van der Waals surface area (Å²) >= 11 is 0. The predicted molar refractivity (Wildman–Crippen MR) is 195 cm³/mol. The minimum absolute atomic E-state index is 0.500. The van der Waals surface area contributed by atoms with Gasteiger partial charge >= 0.3 is 0 Å². The summed E-state index contributed by atoms with van der Waals surface area (Å²) in [6, 6.07) is 29.3. The molecule has 0 N–H and O–H groups in total. The van der Waals surface area contributed by atoms with Crippen molar-refractivity contribution in [1.29, 1.82) is 0 Å². The topological polar surface area (TPSA) is 61.3 Å². The van der Waals surface area contributed by atoms with E-state index >= 15 is 0 Å². The van der Waals surface area contributed by atoms with E-state index in [0.717, 1.165) is 105 Å². The number of ether oxygens (including phenoxy) is 1. The van der Waals surface area contributed by atoms with Crippen LogP contribution in [0.3, 0.4) is 0 Å². The summed E-state index contributed by atoms with van der Waals surface area (Å²) in [6.45, 7) is 4.82. The standard InChI is InChI=1S/C43H26N2O3/c1-25-7-3-2-6-18-46-37-12-10-26(19-31(25)37)32-21-40-42(29-14-16-44-23-35(29)32)43-30-15-17-45-24-36(30)33(22-41(43)48-40)27-11-13-39-34(20-27)28-8-4-5-9-38(28)47-39/h2-17,19-24H,1,18H2/b6-2-,7-3-. The lowest BCUT2D eigenvalue weighted by molar-refractivity contribution is 0.362. The fourth-order valence-electron chi connectivity index (χ4n) is 7.26. The fraction of sp³-hybridized carbons (Fsp3) is 0.0233. The van der Waals surface area contributed by atoms with Crippen molar-refractivity contribution in [2.75, 3.05) is 6.61 Å². The van der Waals surface area contributed by atoms with E-state index in [2.05, 4.69) is 77.2 Å². The first-order valence-electron chi connectivity index (χ1n) is 15.9. The van der Waals surface area contributed by atoms with Gasteiger partial charge in [-0.3, -0.25) is 9.97 Å². The summed E-state index contributed by atoms with van der Waals surface area (Å²) in [6.07, 6.45) is 15.6. The Bertz CT molecular complexity index is 2870. The lowest BCUT2D eigenvalue weighted by atomic mass is 9.91. The lowest BCUT2D eigenvalue weighted by Crippen LogP contribution is -1.97. The highest BCUT2D eigenvalue weighted by molar-refractivity contribution is 6.29. The number of furan rings is 2. The van der Waals surface area contributed by atoms with Crippen molar-refractivity contribution in [3.63, 3.8) is 0 Å². The zero-order chi connectivity index (χ0) is 31.8. The van der Waals surface area contributed by atoms with E-state index in [1.165, 1.54) is 0 Å². The molecule has 0 bridgehead atoms. The monoisotopic (exact) mass is 618 g/mol. The summed E-state index contributed by atoms with van der Waals surface area (Å²) in [5.74, 6) is 0.807. The number of nitrogens with zero attached hydrogens (tertiary/aromatic N) is 2. The van der Waals surface area contributed by atoms with Crippen molar-refractivity contribution in [2.24, 2.45) is 0 Å². The Morgan fingerprint density at radius 1 is 0.542 bits per heavy atom. The molecule has 0 radical (unpaired) electrons. The first-order chi connectivity index (χ1) is 23.7. The minimum atomic E-state index is 0.500. The molecule has 0 saturated carbocycles. The number of para-hydroxylation sites is 1. The third-order valence-corrected chi connectivity index (χ3v) is 9.48. The first-order valence-corrected chi connectivity index (χ1v) is 15.9. The average molecular weight is 619 g/mol. The molecular formula is C43H26N2O3. The molecule has 4 aromatic heterocycles. The van der Waals surface area contributed by atoms with Crippen LogP contribution in [-0.2, 0) is 0 Å². The van der Waals surface area contributed by atoms with Crippen LogP contribution in [0.1, 0.15) is 5.56 Å². The maximum Gasteiger partial charge on any atom is 0.136 e. The average Bonchev–Trinajstić information content (AvgIpc) is 3.72. The van der Waals surface area contributed by atoms with Gasteiger partial charge in [-0.25, -0.2) is 0 Å². The highest BCUT2D eigenvalue weighted by Crippen LogP contribution is 2.45. The van der Waals surface area contributed by atoms with Crippen LogP contribution in [0.5, 0.6) is 5.75 Å². The van der Waals surface area contributed by atoms with Crippen molar-refractivity contribution in [3.05, 3.63) is 146 Å². The molecule has 0 saturated heterocycles. The van der Waals surface area contributed by atoms with Gasteiger partial charge in [-0.05, 0) is 99.3 Å². The molecule has 0 unspecified atom stereocenters. The van der Waals surface area contributed by atoms with E-state index in [4.69, 9.17) is 13.6 Å². The molecule has 0 amide bonds. The van der Waals surface area contributed by atoms with Crippen LogP contribution in [0, 0.1) is 0 Å². The summed E-state index contributed by atoms with van der Waals surface area (Å²) in [5, 5.41) is 8.59. The number of hydrogen-bond acceptors (Lipinski definition) is 5. The van der Waals surface area contributed by atoms with Crippen molar-refractivity contribution in [1.82, 2.24) is 9.97 Å². The Kier molecular flexibility index (Phi) is 5.72. The zero-order valence-corrected chi connectivity index (χ0v) is 25.7. The molecular weight excluding hydrogens is 592 g/mol. The molecule has 5 aromatic carbocycles. The fourth-order valence-corrected chi connectivity index (χ4v) is 7.26. The Balaban J connectivity index is 1.23. The van der Waals surface area contributed by atoms with Gasteiger partial charge in [0.05, 0.1) is 0 Å². The molecule has 1 aliphatic rings. The second-order valence-corrected chi connectivity index (χ2v) is 12.2. The summed E-state index contributed by atoms with van der Waals surface area (Å²) in [5.41, 5.74) is 9.43. The van der Waals surface area contributed by atoms with Gasteiger partial charge in [0.15, 0.2) is 0 Å². The molecule has 10 rings (SSSR count). The molecule has 48 heavy (non-hydrogen) atoms. The number of benzene rings is 5. The van der Waals surface area contributed by atoms with Crippen LogP contribution in [0.25, 0.3) is 93.2 Å². The molecule has 1 aliphatic heterocycles. The van der Waals surface area contributed by atoms with E-state index in [0.29, 0.717) is 6.61 Å². The molecule has 5 heteroatoms. The highest BCUT2D eigenvalue weighted by Gasteiger charge is 2.21. The van der Waals surface area contributed by atoms with Crippen LogP contribution in [0.15, 0.2) is 149 Å². The number of allylic oxidation sites excluding steroid dienone is 4. The second-order valence-electron chi connectivity index (χ2n) is 12.2. The van der Waals surface area contributed by atoms with Gasteiger partial charge < -0.3 is 13.6 Å². The van der Waals surface area contributed by atoms with E-state index in [-0.39, 0.29) is 0 Å². The van der Waals surface area contributed by atoms with Gasteiger partial charge in [0.1, 0.15) is 34.7 Å². The van der Waals surface area contributed by atoms with Crippen molar-refractivity contribution in [3.8, 4) is 28.0 Å². The highest BCUT2D eigenvalue weighted by atomic mass is 16.5. The van der Waals surface area contributed by atoms with E-state index < -0.39 is 0 Å². The van der Waals surface area contributed by atoms with Crippen LogP contribution >= 0.6 is 0 Å². The first kappa shape index (κ1) is 26.7. The van der Waals surface area contributed by atoms with Crippen LogP contribution in [-0.4, -0.2) is 16.6 Å². The van der Waals surface area contributed by atoms with Crippen LogP contribution < -0.4 is 4.74 Å². The van der Waals surface area contributed by atoms with E-state index in [9.17, 15) is 0 Å². The van der Waals surface area contributed by atoms with Crippen molar-refractivity contribution in [2.45, 2.75) is 0 Å². The number of rotatable bonds is 2. The van der Waals surface area contributed by atoms with Gasteiger partial charge in [0.25, 0.3) is 0 Å². The van der Waals surface area contributed by atoms with Crippen LogP contribution in [0.2, 0.25) is 0 Å². The lowest BCUT2D eigenvalue weighted by Gasteiger charge is -2.14. The van der Waals surface area contributed by atoms with Crippen molar-refractivity contribution >= 4 is 71.0 Å². The van der Waals surface area contributed by atoms with Gasteiger partial charge in [0, 0.05) is 62.7 Å². The second kappa shape index (κ2) is 10.3. The molecule has 0 aliphatic carbocycles. The van der Waals surface area contributed by atoms with Gasteiger partial charge in [-0.15, -0.1) is 0 Å². The summed E-state index contributed by atoms with van der Waals surface area (Å²) < 4.78 is 19.0. The largest absolute Gasteiger partial charge is 0.489 e. The van der Waals surface area contributed by atoms with Gasteiger partial charge in [0.2, 0.25) is 0 Å². The quantitative estimate of drug-likeness (QED) is 0.193. The van der Waals surface area contributed by atoms with Crippen molar-refractivity contribution < 1.29 is 13.6 Å². The Labute approximate surface area is 274 Å². The molecule has 0 spiro atoms. The minimum Gasteiger partial charge on any atom is -0.489 e. The van der Waals surface area contributed by atoms with E-state index in [1.807, 2.05) is 73.4 Å². The Morgan fingerprint density at radius 2 is 1.21 bits per heavy atom. The summed E-state index contributed by atoms with van der Waals surface area (Å²) in [4.78, 5) is 9.12. The maximum absolute atomic E-state index is 6.80. The van der Waals surface area contributed by atoms with Crippen LogP contribution in [0.4, 0.5) is 0 Å². The Hall–Kier alpha value is -6.46. The molecule has 5 nitrogen and oxygen atoms in total. The Morgan fingerprint density at radius 3 is 1.98 bits per heavy atom. The molecule has 9 aromatic rings. The smallest absolute Gasteiger partial charge is 0.136 e. The molecule has 226 valence electrons. The molecule has 0 atom stereocenters. The van der Waals surface area contributed by atoms with Gasteiger partial charge in [-0.2, -0.15) is 0 Å². The SMILES string of the molecule is C=C1/C=C\C=C/COc2ccc(-c3cc4oc5cc(-c6ccc7oc8ccccc8c7c6)c6cnccc6c5c4c4ccncc34)cc21. The number of aromatic nitrogens is 2. The molecule has 5 heterocycles. The third-order valence-electron chi connectivity index (χ3n) is 9.48. The molecule has 0 fully saturated rings. The summed E-state index contributed by atoms with van der Waals surface area (Å²) in [7, 11) is 0. The number of fused-ring (bicyclic) bond motifs is 11. The predicted octanol–water partition coefficient (Wildman–Crippen LogP) is 11.4. The normalized spacial score (nSPS) is 14.7. The third kappa shape index (κ3) is 3.98. The zero-order valence-electron chi connectivity index (χ0n) is 25.7. The number of pyridine rings is 2. The maximum atomic E-state index is 6.80. The number of hydrogen-bond donors (Lipinski definition) is 0. The van der Waals surface area contributed by atoms with E-state index in [1.54, 1.807) is 0 Å².